The fraction of sp³-hybridized carbons (Fsp3) is 0.714. The van der Waals surface area contributed by atoms with Crippen molar-refractivity contribution in [3.05, 3.63) is 12.2 Å². The van der Waals surface area contributed by atoms with Gasteiger partial charge in [-0.05, 0) is 24.8 Å². The maximum atomic E-state index is 9.42. The van der Waals surface area contributed by atoms with E-state index in [0.717, 1.165) is 18.4 Å². The topological polar surface area (TPSA) is 40.5 Å². The molecule has 1 fully saturated rings. The Kier molecular flexibility index (Phi) is 1.60. The van der Waals surface area contributed by atoms with E-state index in [2.05, 4.69) is 6.58 Å². The summed E-state index contributed by atoms with van der Waals surface area (Å²) in [5.74, 6) is 0. The highest BCUT2D eigenvalue weighted by molar-refractivity contribution is 5.16. The molecule has 2 N–H and O–H groups in total. The Morgan fingerprint density at radius 2 is 2.33 bits per heavy atom. The van der Waals surface area contributed by atoms with Crippen LogP contribution in [0.3, 0.4) is 0 Å². The van der Waals surface area contributed by atoms with Gasteiger partial charge in [0.15, 0.2) is 0 Å². The van der Waals surface area contributed by atoms with Crippen LogP contribution in [0.2, 0.25) is 0 Å². The van der Waals surface area contributed by atoms with Gasteiger partial charge in [-0.1, -0.05) is 6.58 Å². The van der Waals surface area contributed by atoms with Gasteiger partial charge in [0.2, 0.25) is 0 Å². The molecule has 0 aromatic rings. The molecule has 1 atom stereocenters. The molecule has 1 rings (SSSR count). The smallest absolute Gasteiger partial charge is 0.108 e. The first-order valence-electron chi connectivity index (χ1n) is 3.20. The highest BCUT2D eigenvalue weighted by atomic mass is 16.3. The molecule has 2 heteroatoms. The summed E-state index contributed by atoms with van der Waals surface area (Å²) in [5.41, 5.74) is -0.162. The second kappa shape index (κ2) is 2.12. The van der Waals surface area contributed by atoms with Crippen LogP contribution in [0.15, 0.2) is 12.2 Å². The summed E-state index contributed by atoms with van der Waals surface area (Å²) < 4.78 is 0. The van der Waals surface area contributed by atoms with E-state index in [1.54, 1.807) is 0 Å². The van der Waals surface area contributed by atoms with Gasteiger partial charge in [0.1, 0.15) is 5.60 Å². The molecule has 0 heterocycles. The van der Waals surface area contributed by atoms with Crippen LogP contribution in [0.4, 0.5) is 0 Å². The molecule has 0 spiro atoms. The summed E-state index contributed by atoms with van der Waals surface area (Å²) in [6.45, 7) is 3.49. The standard InChI is InChI=1S/C7H12O2/c1-6-3-2-4-7(6,9)5-8/h8-9H,1-5H2/t7-/m0/s1. The third-order valence-corrected chi connectivity index (χ3v) is 1.99. The molecule has 0 aliphatic heterocycles. The summed E-state index contributed by atoms with van der Waals surface area (Å²) in [6.07, 6.45) is 2.48. The Labute approximate surface area is 54.8 Å². The van der Waals surface area contributed by atoms with E-state index in [1.165, 1.54) is 0 Å². The Balaban J connectivity index is 2.67. The van der Waals surface area contributed by atoms with Crippen LogP contribution in [0.5, 0.6) is 0 Å². The first kappa shape index (κ1) is 6.78. The maximum absolute atomic E-state index is 9.42. The molecule has 0 aromatic heterocycles. The van der Waals surface area contributed by atoms with Gasteiger partial charge in [-0.25, -0.2) is 0 Å². The van der Waals surface area contributed by atoms with Crippen molar-refractivity contribution in [3.63, 3.8) is 0 Å². The van der Waals surface area contributed by atoms with Crippen molar-refractivity contribution in [2.24, 2.45) is 0 Å². The van der Waals surface area contributed by atoms with Gasteiger partial charge in [0, 0.05) is 0 Å². The summed E-state index contributed by atoms with van der Waals surface area (Å²) in [6, 6.07) is 0. The number of aliphatic hydroxyl groups excluding tert-OH is 1. The van der Waals surface area contributed by atoms with Gasteiger partial charge < -0.3 is 10.2 Å². The minimum absolute atomic E-state index is 0.175. The largest absolute Gasteiger partial charge is 0.393 e. The average Bonchev–Trinajstić information content (AvgIpc) is 2.15. The van der Waals surface area contributed by atoms with Crippen LogP contribution >= 0.6 is 0 Å². The predicted octanol–water partition coefficient (Wildman–Crippen LogP) is 0.450. The number of rotatable bonds is 1. The van der Waals surface area contributed by atoms with Crippen LogP contribution in [-0.2, 0) is 0 Å². The average molecular weight is 128 g/mol. The second-order valence-electron chi connectivity index (χ2n) is 2.65. The maximum Gasteiger partial charge on any atom is 0.108 e. The summed E-state index contributed by atoms with van der Waals surface area (Å²) >= 11 is 0. The van der Waals surface area contributed by atoms with Gasteiger partial charge in [0.25, 0.3) is 0 Å². The molecule has 0 amide bonds. The fourth-order valence-electron chi connectivity index (χ4n) is 1.19. The minimum Gasteiger partial charge on any atom is -0.393 e. The van der Waals surface area contributed by atoms with Crippen molar-refractivity contribution in [3.8, 4) is 0 Å². The molecule has 0 saturated heterocycles. The van der Waals surface area contributed by atoms with E-state index in [1.807, 2.05) is 0 Å². The molecule has 1 aliphatic carbocycles. The van der Waals surface area contributed by atoms with Crippen molar-refractivity contribution >= 4 is 0 Å². The molecular formula is C7H12O2. The van der Waals surface area contributed by atoms with Crippen molar-refractivity contribution in [2.45, 2.75) is 24.9 Å². The minimum atomic E-state index is -0.944. The van der Waals surface area contributed by atoms with Gasteiger partial charge in [-0.15, -0.1) is 0 Å². The van der Waals surface area contributed by atoms with Crippen molar-refractivity contribution in [1.82, 2.24) is 0 Å². The van der Waals surface area contributed by atoms with Crippen LogP contribution < -0.4 is 0 Å². The van der Waals surface area contributed by atoms with Crippen molar-refractivity contribution in [2.75, 3.05) is 6.61 Å². The Bertz CT molecular complexity index is 131. The lowest BCUT2D eigenvalue weighted by molar-refractivity contribution is 0.0231. The van der Waals surface area contributed by atoms with E-state index in [9.17, 15) is 5.11 Å². The van der Waals surface area contributed by atoms with Gasteiger partial charge in [-0.3, -0.25) is 0 Å². The molecule has 0 unspecified atom stereocenters. The lowest BCUT2D eigenvalue weighted by Crippen LogP contribution is -2.30. The summed E-state index contributed by atoms with van der Waals surface area (Å²) in [5, 5.41) is 18.1. The first-order valence-corrected chi connectivity index (χ1v) is 3.20. The number of aliphatic hydroxyl groups is 2. The highest BCUT2D eigenvalue weighted by Gasteiger charge is 2.33. The number of hydrogen-bond donors (Lipinski definition) is 2. The molecule has 1 aliphatic rings. The van der Waals surface area contributed by atoms with Crippen LogP contribution in [0.25, 0.3) is 0 Å². The third kappa shape index (κ3) is 1.00. The molecule has 0 aromatic carbocycles. The Morgan fingerprint density at radius 3 is 2.56 bits per heavy atom. The normalized spacial score (nSPS) is 35.6. The monoisotopic (exact) mass is 128 g/mol. The summed E-state index contributed by atoms with van der Waals surface area (Å²) in [7, 11) is 0. The zero-order chi connectivity index (χ0) is 6.91. The van der Waals surface area contributed by atoms with Gasteiger partial charge in [-0.2, -0.15) is 0 Å². The Hall–Kier alpha value is -0.340. The zero-order valence-electron chi connectivity index (χ0n) is 5.43. The van der Waals surface area contributed by atoms with E-state index in [0.29, 0.717) is 6.42 Å². The summed E-state index contributed by atoms with van der Waals surface area (Å²) in [4.78, 5) is 0. The van der Waals surface area contributed by atoms with E-state index in [4.69, 9.17) is 5.11 Å². The second-order valence-corrected chi connectivity index (χ2v) is 2.65. The fourth-order valence-corrected chi connectivity index (χ4v) is 1.19. The molecule has 52 valence electrons. The zero-order valence-corrected chi connectivity index (χ0v) is 5.43. The van der Waals surface area contributed by atoms with Gasteiger partial charge in [0.05, 0.1) is 6.61 Å². The SMILES string of the molecule is C=C1CCC[C@]1(O)CO. The first-order chi connectivity index (χ1) is 4.19. The third-order valence-electron chi connectivity index (χ3n) is 1.99. The quantitative estimate of drug-likeness (QED) is 0.503. The van der Waals surface area contributed by atoms with Crippen molar-refractivity contribution in [1.29, 1.82) is 0 Å². The van der Waals surface area contributed by atoms with Crippen LogP contribution in [0.1, 0.15) is 19.3 Å². The predicted molar refractivity (Wildman–Crippen MR) is 35.0 cm³/mol. The molecule has 0 bridgehead atoms. The van der Waals surface area contributed by atoms with E-state index < -0.39 is 5.60 Å². The lowest BCUT2D eigenvalue weighted by Gasteiger charge is -2.19. The molecule has 1 saturated carbocycles. The lowest BCUT2D eigenvalue weighted by atomic mass is 10.0. The molecule has 9 heavy (non-hydrogen) atoms. The van der Waals surface area contributed by atoms with Gasteiger partial charge >= 0.3 is 0 Å². The molecular weight excluding hydrogens is 116 g/mol. The van der Waals surface area contributed by atoms with E-state index in [-0.39, 0.29) is 6.61 Å². The number of hydrogen-bond acceptors (Lipinski definition) is 2. The van der Waals surface area contributed by atoms with E-state index >= 15 is 0 Å². The van der Waals surface area contributed by atoms with Crippen LogP contribution in [0, 0.1) is 0 Å². The van der Waals surface area contributed by atoms with Crippen LogP contribution in [-0.4, -0.2) is 22.4 Å². The molecule has 0 radical (unpaired) electrons. The molecule has 2 nitrogen and oxygen atoms in total. The Morgan fingerprint density at radius 1 is 1.67 bits per heavy atom. The van der Waals surface area contributed by atoms with Crippen molar-refractivity contribution < 1.29 is 10.2 Å². The highest BCUT2D eigenvalue weighted by Crippen LogP contribution is 2.32.